The molecule has 2 unspecified atom stereocenters. The van der Waals surface area contributed by atoms with Crippen molar-refractivity contribution in [1.82, 2.24) is 24.8 Å². The third kappa shape index (κ3) is 3.38. The van der Waals surface area contributed by atoms with Crippen molar-refractivity contribution in [2.24, 2.45) is 0 Å². The fourth-order valence-corrected chi connectivity index (χ4v) is 4.52. The maximum absolute atomic E-state index is 13.5. The van der Waals surface area contributed by atoms with Gasteiger partial charge in [-0.05, 0) is 43.9 Å². The summed E-state index contributed by atoms with van der Waals surface area (Å²) in [6, 6.07) is 10.5. The molecule has 0 bridgehead atoms. The van der Waals surface area contributed by atoms with Crippen molar-refractivity contribution < 1.29 is 9.59 Å². The molecule has 30 heavy (non-hydrogen) atoms. The lowest BCUT2D eigenvalue weighted by Gasteiger charge is -2.30. The number of fused-ring (bicyclic) bond motifs is 1. The highest BCUT2D eigenvalue weighted by atomic mass is 16.2. The first-order valence-corrected chi connectivity index (χ1v) is 10.4. The van der Waals surface area contributed by atoms with E-state index >= 15 is 0 Å². The number of imidazole rings is 1. The summed E-state index contributed by atoms with van der Waals surface area (Å²) in [6.45, 7) is 1.27. The number of anilines is 1. The molecule has 2 aromatic heterocycles. The zero-order chi connectivity index (χ0) is 20.5. The van der Waals surface area contributed by atoms with E-state index in [0.717, 1.165) is 41.8 Å². The summed E-state index contributed by atoms with van der Waals surface area (Å²) < 4.78 is 0. The molecule has 5 rings (SSSR count). The number of para-hydroxylation sites is 1. The molecule has 4 heterocycles. The molecule has 0 saturated carbocycles. The second kappa shape index (κ2) is 7.78. The van der Waals surface area contributed by atoms with E-state index in [2.05, 4.69) is 20.3 Å². The van der Waals surface area contributed by atoms with E-state index in [-0.39, 0.29) is 18.0 Å². The van der Waals surface area contributed by atoms with Gasteiger partial charge < -0.3 is 20.1 Å². The Morgan fingerprint density at radius 1 is 1.03 bits per heavy atom. The van der Waals surface area contributed by atoms with Crippen LogP contribution in [0.5, 0.6) is 0 Å². The molecule has 2 aliphatic heterocycles. The third-order valence-electron chi connectivity index (χ3n) is 5.98. The van der Waals surface area contributed by atoms with Crippen molar-refractivity contribution in [1.29, 1.82) is 0 Å². The maximum Gasteiger partial charge on any atom is 0.322 e. The molecule has 2 saturated heterocycles. The van der Waals surface area contributed by atoms with Crippen LogP contribution in [0.2, 0.25) is 0 Å². The lowest BCUT2D eigenvalue weighted by atomic mass is 10.1. The lowest BCUT2D eigenvalue weighted by molar-refractivity contribution is -0.136. The summed E-state index contributed by atoms with van der Waals surface area (Å²) in [5.41, 5.74) is 2.45. The van der Waals surface area contributed by atoms with Crippen molar-refractivity contribution in [3.8, 4) is 0 Å². The number of carbonyl (C=O) groups excluding carboxylic acids is 2. The van der Waals surface area contributed by atoms with E-state index < -0.39 is 6.04 Å². The Hall–Kier alpha value is -3.42. The summed E-state index contributed by atoms with van der Waals surface area (Å²) in [5, 5.41) is 2.91. The third-order valence-corrected chi connectivity index (χ3v) is 5.98. The number of hydrogen-bond donors (Lipinski definition) is 2. The Bertz CT molecular complexity index is 1030. The molecular weight excluding hydrogens is 380 g/mol. The topological polar surface area (TPSA) is 94.2 Å². The van der Waals surface area contributed by atoms with E-state index in [1.54, 1.807) is 17.3 Å². The van der Waals surface area contributed by atoms with E-state index in [9.17, 15) is 9.59 Å². The van der Waals surface area contributed by atoms with E-state index in [1.807, 2.05) is 41.3 Å². The van der Waals surface area contributed by atoms with Crippen LogP contribution in [0.3, 0.4) is 0 Å². The van der Waals surface area contributed by atoms with Crippen molar-refractivity contribution in [3.63, 3.8) is 0 Å². The minimum atomic E-state index is -0.430. The van der Waals surface area contributed by atoms with Gasteiger partial charge in [-0.3, -0.25) is 9.78 Å². The number of aromatic nitrogens is 3. The molecule has 154 valence electrons. The number of amides is 3. The number of hydrogen-bond acceptors (Lipinski definition) is 4. The highest BCUT2D eigenvalue weighted by molar-refractivity contribution is 5.94. The predicted octanol–water partition coefficient (Wildman–Crippen LogP) is 3.32. The number of aromatic amines is 1. The van der Waals surface area contributed by atoms with Crippen molar-refractivity contribution in [3.05, 3.63) is 54.6 Å². The monoisotopic (exact) mass is 404 g/mol. The molecule has 2 atom stereocenters. The van der Waals surface area contributed by atoms with Gasteiger partial charge in [-0.1, -0.05) is 18.2 Å². The Balaban J connectivity index is 1.34. The van der Waals surface area contributed by atoms with Crippen molar-refractivity contribution in [2.45, 2.75) is 37.8 Å². The quantitative estimate of drug-likeness (QED) is 0.700. The van der Waals surface area contributed by atoms with Gasteiger partial charge in [0.1, 0.15) is 11.9 Å². The van der Waals surface area contributed by atoms with Crippen LogP contribution in [0.25, 0.3) is 11.0 Å². The fourth-order valence-electron chi connectivity index (χ4n) is 4.52. The van der Waals surface area contributed by atoms with Crippen LogP contribution in [0.4, 0.5) is 10.5 Å². The molecule has 8 heteroatoms. The average Bonchev–Trinajstić information content (AvgIpc) is 3.52. The van der Waals surface area contributed by atoms with E-state index in [0.29, 0.717) is 19.5 Å². The molecule has 0 radical (unpaired) electrons. The van der Waals surface area contributed by atoms with E-state index in [4.69, 9.17) is 0 Å². The summed E-state index contributed by atoms with van der Waals surface area (Å²) in [7, 11) is 0. The molecule has 2 fully saturated rings. The second-order valence-corrected chi connectivity index (χ2v) is 7.85. The number of benzene rings is 1. The normalized spacial score (nSPS) is 21.3. The number of pyridine rings is 1. The molecule has 3 amide bonds. The van der Waals surface area contributed by atoms with Gasteiger partial charge in [-0.25, -0.2) is 9.78 Å². The predicted molar refractivity (Wildman–Crippen MR) is 113 cm³/mol. The Kier molecular flexibility index (Phi) is 4.82. The van der Waals surface area contributed by atoms with Crippen LogP contribution in [0.1, 0.15) is 37.5 Å². The van der Waals surface area contributed by atoms with Crippen LogP contribution in [0, 0.1) is 0 Å². The number of likely N-dealkylation sites (tertiary alicyclic amines) is 2. The highest BCUT2D eigenvalue weighted by Gasteiger charge is 2.41. The first-order chi connectivity index (χ1) is 14.7. The minimum absolute atomic E-state index is 0.0109. The molecule has 2 N–H and O–H groups in total. The van der Waals surface area contributed by atoms with Crippen LogP contribution < -0.4 is 5.32 Å². The van der Waals surface area contributed by atoms with Gasteiger partial charge in [0, 0.05) is 25.0 Å². The summed E-state index contributed by atoms with van der Waals surface area (Å²) in [6.07, 6.45) is 6.77. The largest absolute Gasteiger partial charge is 0.339 e. The van der Waals surface area contributed by atoms with Crippen LogP contribution in [0.15, 0.2) is 48.8 Å². The van der Waals surface area contributed by atoms with Crippen LogP contribution in [-0.2, 0) is 4.79 Å². The molecule has 1 aromatic carbocycles. The van der Waals surface area contributed by atoms with Crippen molar-refractivity contribution in [2.75, 3.05) is 18.4 Å². The fraction of sp³-hybridized carbons (Fsp3) is 0.364. The van der Waals surface area contributed by atoms with Gasteiger partial charge in [-0.15, -0.1) is 0 Å². The molecule has 0 spiro atoms. The lowest BCUT2D eigenvalue weighted by Crippen LogP contribution is -2.48. The average molecular weight is 404 g/mol. The van der Waals surface area contributed by atoms with Crippen LogP contribution in [-0.4, -0.2) is 55.8 Å². The summed E-state index contributed by atoms with van der Waals surface area (Å²) in [5.74, 6) is 0.805. The number of urea groups is 1. The Morgan fingerprint density at radius 2 is 1.83 bits per heavy atom. The zero-order valence-corrected chi connectivity index (χ0v) is 16.6. The van der Waals surface area contributed by atoms with E-state index in [1.165, 1.54) is 0 Å². The number of rotatable bonds is 3. The van der Waals surface area contributed by atoms with Crippen molar-refractivity contribution >= 4 is 28.7 Å². The number of nitrogens with one attached hydrogen (secondary N) is 2. The van der Waals surface area contributed by atoms with Gasteiger partial charge in [0.15, 0.2) is 0 Å². The molecule has 0 aliphatic carbocycles. The van der Waals surface area contributed by atoms with Gasteiger partial charge in [-0.2, -0.15) is 0 Å². The highest BCUT2D eigenvalue weighted by Crippen LogP contribution is 2.34. The minimum Gasteiger partial charge on any atom is -0.339 e. The SMILES string of the molecule is O=C(Nc1ccccc1)N1CCCC1C(=O)N1CCCC1c1nc2ccncc2[nH]1. The summed E-state index contributed by atoms with van der Waals surface area (Å²) in [4.78, 5) is 42.0. The molecule has 8 nitrogen and oxygen atoms in total. The molecule has 3 aromatic rings. The van der Waals surface area contributed by atoms with Gasteiger partial charge >= 0.3 is 6.03 Å². The number of H-pyrrole nitrogens is 1. The maximum atomic E-state index is 13.5. The van der Waals surface area contributed by atoms with Gasteiger partial charge in [0.05, 0.1) is 23.3 Å². The Morgan fingerprint density at radius 3 is 2.67 bits per heavy atom. The van der Waals surface area contributed by atoms with Gasteiger partial charge in [0.2, 0.25) is 5.91 Å². The first kappa shape index (κ1) is 18.6. The van der Waals surface area contributed by atoms with Crippen LogP contribution >= 0.6 is 0 Å². The molecular formula is C22H24N6O2. The first-order valence-electron chi connectivity index (χ1n) is 10.4. The van der Waals surface area contributed by atoms with Gasteiger partial charge in [0.25, 0.3) is 0 Å². The standard InChI is InChI=1S/C22H24N6O2/c29-21(19-9-5-13-28(19)22(30)24-15-6-2-1-3-7-15)27-12-4-8-18(27)20-25-16-10-11-23-14-17(16)26-20/h1-3,6-7,10-11,14,18-19H,4-5,8-9,12-13H2,(H,24,30)(H,25,26). The Labute approximate surface area is 174 Å². The smallest absolute Gasteiger partial charge is 0.322 e. The number of nitrogens with zero attached hydrogens (tertiary/aromatic N) is 4. The molecule has 2 aliphatic rings. The number of carbonyl (C=O) groups is 2. The zero-order valence-electron chi connectivity index (χ0n) is 16.6. The summed E-state index contributed by atoms with van der Waals surface area (Å²) >= 11 is 0. The second-order valence-electron chi connectivity index (χ2n) is 7.85.